The minimum absolute atomic E-state index is 0.159. The molecule has 148 valence electrons. The van der Waals surface area contributed by atoms with E-state index in [-0.39, 0.29) is 17.5 Å². The molecule has 0 radical (unpaired) electrons. The van der Waals surface area contributed by atoms with Crippen molar-refractivity contribution in [3.63, 3.8) is 0 Å². The monoisotopic (exact) mass is 381 g/mol. The number of anilines is 1. The minimum Gasteiger partial charge on any atom is -0.381 e. The Bertz CT molecular complexity index is 827. The molecule has 4 heteroatoms. The van der Waals surface area contributed by atoms with E-state index in [2.05, 4.69) is 23.1 Å². The molecule has 1 fully saturated rings. The largest absolute Gasteiger partial charge is 0.381 e. The second-order valence-electron chi connectivity index (χ2n) is 8.02. The Morgan fingerprint density at radius 2 is 1.93 bits per heavy atom. The van der Waals surface area contributed by atoms with Crippen molar-refractivity contribution >= 4 is 11.5 Å². The molecule has 0 N–H and O–H groups in total. The smallest absolute Gasteiger partial charge is 0.144 e. The molecule has 2 aromatic rings. The molecule has 2 aliphatic heterocycles. The zero-order valence-electron chi connectivity index (χ0n) is 16.5. The zero-order chi connectivity index (χ0) is 19.5. The molecule has 1 unspecified atom stereocenters. The average Bonchev–Trinajstić information content (AvgIpc) is 2.74. The molecule has 0 saturated carbocycles. The second-order valence-corrected chi connectivity index (χ2v) is 8.02. The number of ether oxygens (including phenoxy) is 1. The van der Waals surface area contributed by atoms with Crippen molar-refractivity contribution < 1.29 is 13.9 Å². The van der Waals surface area contributed by atoms with Gasteiger partial charge in [0.15, 0.2) is 0 Å². The first-order valence-corrected chi connectivity index (χ1v) is 10.4. The number of halogens is 1. The van der Waals surface area contributed by atoms with E-state index in [4.69, 9.17) is 4.74 Å². The van der Waals surface area contributed by atoms with Crippen LogP contribution in [0.3, 0.4) is 0 Å². The Morgan fingerprint density at radius 3 is 2.68 bits per heavy atom. The standard InChI is InChI=1S/C24H28FNO2/c1-17(24(27)15-18-4-7-21(25)8-5-18)19-6-9-23-20(16-19)3-2-12-26(23)22-10-13-28-14-11-22/h4-9,16-17,22H,2-3,10-15H2,1H3. The molecule has 0 aromatic heterocycles. The van der Waals surface area contributed by atoms with Gasteiger partial charge in [0.05, 0.1) is 0 Å². The van der Waals surface area contributed by atoms with Crippen LogP contribution in [0.2, 0.25) is 0 Å². The third kappa shape index (κ3) is 4.12. The van der Waals surface area contributed by atoms with E-state index < -0.39 is 0 Å². The lowest BCUT2D eigenvalue weighted by molar-refractivity contribution is -0.119. The summed E-state index contributed by atoms with van der Waals surface area (Å²) in [5.74, 6) is -0.259. The first-order valence-electron chi connectivity index (χ1n) is 10.4. The van der Waals surface area contributed by atoms with Gasteiger partial charge in [-0.15, -0.1) is 0 Å². The summed E-state index contributed by atoms with van der Waals surface area (Å²) in [5, 5.41) is 0. The van der Waals surface area contributed by atoms with Crippen molar-refractivity contribution in [2.24, 2.45) is 0 Å². The normalized spacial score (nSPS) is 18.6. The van der Waals surface area contributed by atoms with Crippen LogP contribution in [0.15, 0.2) is 42.5 Å². The SMILES string of the molecule is CC(C(=O)Cc1ccc(F)cc1)c1ccc2c(c1)CCCN2C1CCOCC1. The van der Waals surface area contributed by atoms with Crippen molar-refractivity contribution in [2.45, 2.75) is 51.0 Å². The number of Topliss-reactive ketones (excluding diaryl/α,β-unsaturated/α-hetero) is 1. The summed E-state index contributed by atoms with van der Waals surface area (Å²) in [5.41, 5.74) is 4.64. The van der Waals surface area contributed by atoms with Crippen LogP contribution in [0.1, 0.15) is 48.8 Å². The van der Waals surface area contributed by atoms with Gasteiger partial charge in [-0.3, -0.25) is 4.79 Å². The molecule has 0 aliphatic carbocycles. The topological polar surface area (TPSA) is 29.5 Å². The Kier molecular flexibility index (Phi) is 5.77. The first-order chi connectivity index (χ1) is 13.6. The number of carbonyl (C=O) groups is 1. The molecule has 0 amide bonds. The van der Waals surface area contributed by atoms with Gasteiger partial charge in [0.25, 0.3) is 0 Å². The van der Waals surface area contributed by atoms with Crippen molar-refractivity contribution in [3.05, 3.63) is 65.0 Å². The average molecular weight is 381 g/mol. The zero-order valence-corrected chi connectivity index (χ0v) is 16.5. The Morgan fingerprint density at radius 1 is 1.18 bits per heavy atom. The summed E-state index contributed by atoms with van der Waals surface area (Å²) in [6, 6.07) is 13.3. The first kappa shape index (κ1) is 19.1. The van der Waals surface area contributed by atoms with Gasteiger partial charge >= 0.3 is 0 Å². The molecule has 3 nitrogen and oxygen atoms in total. The fourth-order valence-corrected chi connectivity index (χ4v) is 4.43. The molecular formula is C24H28FNO2. The van der Waals surface area contributed by atoms with Gasteiger partial charge in [-0.1, -0.05) is 31.2 Å². The Balaban J connectivity index is 1.49. The second kappa shape index (κ2) is 8.44. The van der Waals surface area contributed by atoms with Crippen molar-refractivity contribution in [1.29, 1.82) is 0 Å². The molecule has 0 spiro atoms. The summed E-state index contributed by atoms with van der Waals surface area (Å²) in [6.45, 7) is 4.79. The number of aryl methyl sites for hydroxylation is 1. The maximum Gasteiger partial charge on any atom is 0.144 e. The number of benzene rings is 2. The number of nitrogens with zero attached hydrogens (tertiary/aromatic N) is 1. The highest BCUT2D eigenvalue weighted by Gasteiger charge is 2.27. The fourth-order valence-electron chi connectivity index (χ4n) is 4.43. The number of rotatable bonds is 5. The van der Waals surface area contributed by atoms with Gasteiger partial charge in [0, 0.05) is 43.8 Å². The lowest BCUT2D eigenvalue weighted by Crippen LogP contribution is -2.42. The van der Waals surface area contributed by atoms with Crippen molar-refractivity contribution in [3.8, 4) is 0 Å². The number of hydrogen-bond acceptors (Lipinski definition) is 3. The van der Waals surface area contributed by atoms with E-state index in [9.17, 15) is 9.18 Å². The highest BCUT2D eigenvalue weighted by Crippen LogP contribution is 2.34. The summed E-state index contributed by atoms with van der Waals surface area (Å²) >= 11 is 0. The summed E-state index contributed by atoms with van der Waals surface area (Å²) in [7, 11) is 0. The molecule has 2 aromatic carbocycles. The molecule has 0 bridgehead atoms. The van der Waals surface area contributed by atoms with Crippen LogP contribution in [-0.2, 0) is 22.4 Å². The van der Waals surface area contributed by atoms with E-state index in [1.807, 2.05) is 6.92 Å². The van der Waals surface area contributed by atoms with Crippen LogP contribution in [0.4, 0.5) is 10.1 Å². The highest BCUT2D eigenvalue weighted by molar-refractivity contribution is 5.87. The number of carbonyl (C=O) groups excluding carboxylic acids is 1. The lowest BCUT2D eigenvalue weighted by atomic mass is 9.89. The van der Waals surface area contributed by atoms with Gasteiger partial charge in [-0.25, -0.2) is 4.39 Å². The molecular weight excluding hydrogens is 353 g/mol. The molecule has 2 heterocycles. The molecule has 2 aliphatic rings. The van der Waals surface area contributed by atoms with Gasteiger partial charge in [-0.05, 0) is 60.6 Å². The summed E-state index contributed by atoms with van der Waals surface area (Å²) < 4.78 is 18.6. The number of ketones is 1. The van der Waals surface area contributed by atoms with Gasteiger partial charge in [0.2, 0.25) is 0 Å². The van der Waals surface area contributed by atoms with Crippen LogP contribution in [0.5, 0.6) is 0 Å². The van der Waals surface area contributed by atoms with E-state index in [0.29, 0.717) is 12.5 Å². The predicted molar refractivity (Wildman–Crippen MR) is 109 cm³/mol. The van der Waals surface area contributed by atoms with E-state index in [1.165, 1.54) is 23.4 Å². The van der Waals surface area contributed by atoms with Crippen molar-refractivity contribution in [1.82, 2.24) is 0 Å². The predicted octanol–water partition coefficient (Wildman–Crippen LogP) is 4.67. The van der Waals surface area contributed by atoms with Crippen LogP contribution in [0.25, 0.3) is 0 Å². The number of fused-ring (bicyclic) bond motifs is 1. The van der Waals surface area contributed by atoms with E-state index in [0.717, 1.165) is 56.6 Å². The fraction of sp³-hybridized carbons (Fsp3) is 0.458. The Hall–Kier alpha value is -2.20. The van der Waals surface area contributed by atoms with E-state index in [1.54, 1.807) is 12.1 Å². The van der Waals surface area contributed by atoms with Gasteiger partial charge in [-0.2, -0.15) is 0 Å². The van der Waals surface area contributed by atoms with Gasteiger partial charge in [0.1, 0.15) is 11.6 Å². The lowest BCUT2D eigenvalue weighted by Gasteiger charge is -2.40. The molecule has 1 saturated heterocycles. The summed E-state index contributed by atoms with van der Waals surface area (Å²) in [6.07, 6.45) is 4.75. The van der Waals surface area contributed by atoms with Crippen LogP contribution < -0.4 is 4.90 Å². The third-order valence-electron chi connectivity index (χ3n) is 6.16. The quantitative estimate of drug-likeness (QED) is 0.754. The van der Waals surface area contributed by atoms with E-state index >= 15 is 0 Å². The highest BCUT2D eigenvalue weighted by atomic mass is 19.1. The molecule has 28 heavy (non-hydrogen) atoms. The van der Waals surface area contributed by atoms with Crippen LogP contribution >= 0.6 is 0 Å². The third-order valence-corrected chi connectivity index (χ3v) is 6.16. The summed E-state index contributed by atoms with van der Waals surface area (Å²) in [4.78, 5) is 15.3. The molecule has 4 rings (SSSR count). The van der Waals surface area contributed by atoms with Crippen molar-refractivity contribution in [2.75, 3.05) is 24.7 Å². The maximum absolute atomic E-state index is 13.1. The minimum atomic E-state index is -0.270. The van der Waals surface area contributed by atoms with Crippen LogP contribution in [-0.4, -0.2) is 31.6 Å². The van der Waals surface area contributed by atoms with Crippen LogP contribution in [0, 0.1) is 5.82 Å². The number of hydrogen-bond donors (Lipinski definition) is 0. The maximum atomic E-state index is 13.1. The Labute approximate surface area is 166 Å². The molecule has 1 atom stereocenters. The van der Waals surface area contributed by atoms with Gasteiger partial charge < -0.3 is 9.64 Å².